The van der Waals surface area contributed by atoms with Gasteiger partial charge in [-0.25, -0.2) is 0 Å². The minimum Gasteiger partial charge on any atom is -0.374 e. The van der Waals surface area contributed by atoms with Crippen molar-refractivity contribution in [1.29, 1.82) is 0 Å². The smallest absolute Gasteiger partial charge is 0.0880 e. The lowest BCUT2D eigenvalue weighted by molar-refractivity contribution is -0.0342. The summed E-state index contributed by atoms with van der Waals surface area (Å²) in [7, 11) is 0. The molecule has 0 amide bonds. The van der Waals surface area contributed by atoms with E-state index in [0.717, 1.165) is 39.3 Å². The van der Waals surface area contributed by atoms with Gasteiger partial charge in [0.25, 0.3) is 0 Å². The highest BCUT2D eigenvalue weighted by Crippen LogP contribution is 2.30. The van der Waals surface area contributed by atoms with Gasteiger partial charge >= 0.3 is 0 Å². The van der Waals surface area contributed by atoms with Gasteiger partial charge in [-0.2, -0.15) is 0 Å². The van der Waals surface area contributed by atoms with Crippen LogP contribution in [0.1, 0.15) is 43.9 Å². The molecular formula is C17H29N3O. The standard InChI is InChI=1S/C17H29N3O/c1-3-18-17-7-5-6-14-10-20(13-16(14)17)12-15-11-19(4-2)8-9-21-15/h10,13,15,17-18H,3-9,11-12H2,1-2H3. The van der Waals surface area contributed by atoms with E-state index in [2.05, 4.69) is 41.0 Å². The quantitative estimate of drug-likeness (QED) is 0.902. The highest BCUT2D eigenvalue weighted by molar-refractivity contribution is 5.30. The predicted octanol–water partition coefficient (Wildman–Crippen LogP) is 2.20. The number of nitrogens with one attached hydrogen (secondary N) is 1. The molecule has 0 radical (unpaired) electrons. The largest absolute Gasteiger partial charge is 0.374 e. The molecule has 2 heterocycles. The first-order chi connectivity index (χ1) is 10.3. The van der Waals surface area contributed by atoms with Crippen LogP contribution in [0.5, 0.6) is 0 Å². The molecule has 0 spiro atoms. The van der Waals surface area contributed by atoms with Crippen molar-refractivity contribution in [3.05, 3.63) is 23.5 Å². The van der Waals surface area contributed by atoms with Crippen molar-refractivity contribution in [3.63, 3.8) is 0 Å². The zero-order valence-corrected chi connectivity index (χ0v) is 13.5. The zero-order chi connectivity index (χ0) is 14.7. The van der Waals surface area contributed by atoms with Crippen LogP contribution in [-0.2, 0) is 17.7 Å². The third kappa shape index (κ3) is 3.50. The first-order valence-electron chi connectivity index (χ1n) is 8.56. The van der Waals surface area contributed by atoms with Gasteiger partial charge in [0.1, 0.15) is 0 Å². The van der Waals surface area contributed by atoms with E-state index in [1.165, 1.54) is 30.4 Å². The topological polar surface area (TPSA) is 29.4 Å². The molecule has 2 aliphatic rings. The van der Waals surface area contributed by atoms with Crippen LogP contribution in [-0.4, -0.2) is 48.4 Å². The minimum atomic E-state index is 0.338. The van der Waals surface area contributed by atoms with E-state index in [4.69, 9.17) is 4.74 Å². The van der Waals surface area contributed by atoms with Crippen LogP contribution in [0.15, 0.2) is 12.4 Å². The molecule has 4 nitrogen and oxygen atoms in total. The first-order valence-corrected chi connectivity index (χ1v) is 8.56. The summed E-state index contributed by atoms with van der Waals surface area (Å²) in [6.07, 6.45) is 8.86. The van der Waals surface area contributed by atoms with Gasteiger partial charge in [-0.15, -0.1) is 0 Å². The van der Waals surface area contributed by atoms with Crippen molar-refractivity contribution >= 4 is 0 Å². The van der Waals surface area contributed by atoms with Crippen LogP contribution >= 0.6 is 0 Å². The molecule has 4 heteroatoms. The molecule has 3 rings (SSSR count). The summed E-state index contributed by atoms with van der Waals surface area (Å²) in [6, 6.07) is 0.555. The van der Waals surface area contributed by atoms with Gasteiger partial charge < -0.3 is 14.6 Å². The number of hydrogen-bond donors (Lipinski definition) is 1. The molecule has 21 heavy (non-hydrogen) atoms. The fourth-order valence-electron chi connectivity index (χ4n) is 3.73. The van der Waals surface area contributed by atoms with Crippen molar-refractivity contribution < 1.29 is 4.74 Å². The lowest BCUT2D eigenvalue weighted by Gasteiger charge is -2.32. The SMILES string of the molecule is CCNC1CCCc2cn(CC3CN(CC)CCO3)cc21. The fourth-order valence-corrected chi connectivity index (χ4v) is 3.73. The molecule has 1 aromatic rings. The van der Waals surface area contributed by atoms with E-state index in [0.29, 0.717) is 12.1 Å². The molecule has 2 atom stereocenters. The average molecular weight is 291 g/mol. The summed E-state index contributed by atoms with van der Waals surface area (Å²) >= 11 is 0. The summed E-state index contributed by atoms with van der Waals surface area (Å²) in [5, 5.41) is 3.62. The van der Waals surface area contributed by atoms with Crippen LogP contribution in [0.4, 0.5) is 0 Å². The highest BCUT2D eigenvalue weighted by atomic mass is 16.5. The highest BCUT2D eigenvalue weighted by Gasteiger charge is 2.23. The first kappa shape index (κ1) is 15.1. The maximum Gasteiger partial charge on any atom is 0.0880 e. The number of aromatic nitrogens is 1. The number of fused-ring (bicyclic) bond motifs is 1. The molecule has 1 saturated heterocycles. The number of aryl methyl sites for hydroxylation is 1. The summed E-state index contributed by atoms with van der Waals surface area (Å²) in [5.74, 6) is 0. The number of likely N-dealkylation sites (N-methyl/N-ethyl adjacent to an activating group) is 1. The third-order valence-electron chi connectivity index (χ3n) is 4.85. The molecule has 0 aromatic carbocycles. The Labute approximate surface area is 128 Å². The van der Waals surface area contributed by atoms with Crippen LogP contribution in [0.3, 0.4) is 0 Å². The van der Waals surface area contributed by atoms with Crippen LogP contribution in [0.25, 0.3) is 0 Å². The maximum atomic E-state index is 5.94. The van der Waals surface area contributed by atoms with Crippen molar-refractivity contribution in [1.82, 2.24) is 14.8 Å². The van der Waals surface area contributed by atoms with E-state index in [1.807, 2.05) is 0 Å². The molecule has 0 bridgehead atoms. The van der Waals surface area contributed by atoms with Crippen molar-refractivity contribution in [2.24, 2.45) is 0 Å². The van der Waals surface area contributed by atoms with E-state index in [-0.39, 0.29) is 0 Å². The molecule has 1 fully saturated rings. The van der Waals surface area contributed by atoms with Gasteiger partial charge in [0, 0.05) is 38.1 Å². The van der Waals surface area contributed by atoms with E-state index in [9.17, 15) is 0 Å². The minimum absolute atomic E-state index is 0.338. The van der Waals surface area contributed by atoms with E-state index >= 15 is 0 Å². The monoisotopic (exact) mass is 291 g/mol. The Balaban J connectivity index is 1.66. The Morgan fingerprint density at radius 1 is 1.33 bits per heavy atom. The molecule has 0 saturated carbocycles. The van der Waals surface area contributed by atoms with E-state index < -0.39 is 0 Å². The van der Waals surface area contributed by atoms with Gasteiger partial charge in [0.15, 0.2) is 0 Å². The number of hydrogen-bond acceptors (Lipinski definition) is 3. The number of morpholine rings is 1. The van der Waals surface area contributed by atoms with Crippen LogP contribution in [0, 0.1) is 0 Å². The summed E-state index contributed by atoms with van der Waals surface area (Å²) in [5.41, 5.74) is 3.06. The normalized spacial score (nSPS) is 26.8. The molecule has 2 unspecified atom stereocenters. The van der Waals surface area contributed by atoms with Crippen LogP contribution < -0.4 is 5.32 Å². The number of rotatable bonds is 5. The molecule has 1 N–H and O–H groups in total. The van der Waals surface area contributed by atoms with Gasteiger partial charge in [0.2, 0.25) is 0 Å². The Hall–Kier alpha value is -0.840. The second-order valence-corrected chi connectivity index (χ2v) is 6.32. The summed E-state index contributed by atoms with van der Waals surface area (Å²) in [6.45, 7) is 10.6. The van der Waals surface area contributed by atoms with Gasteiger partial charge in [0.05, 0.1) is 12.7 Å². The average Bonchev–Trinajstić information content (AvgIpc) is 2.91. The summed E-state index contributed by atoms with van der Waals surface area (Å²) in [4.78, 5) is 2.49. The Bertz CT molecular complexity index is 457. The molecule has 1 aromatic heterocycles. The third-order valence-corrected chi connectivity index (χ3v) is 4.85. The number of nitrogens with zero attached hydrogens (tertiary/aromatic N) is 2. The number of ether oxygens (including phenoxy) is 1. The molecule has 118 valence electrons. The fraction of sp³-hybridized carbons (Fsp3) is 0.765. The Morgan fingerprint density at radius 2 is 2.24 bits per heavy atom. The zero-order valence-electron chi connectivity index (χ0n) is 13.5. The molecule has 1 aliphatic heterocycles. The maximum absolute atomic E-state index is 5.94. The molecular weight excluding hydrogens is 262 g/mol. The lowest BCUT2D eigenvalue weighted by Crippen LogP contribution is -2.43. The van der Waals surface area contributed by atoms with Gasteiger partial charge in [-0.3, -0.25) is 4.90 Å². The van der Waals surface area contributed by atoms with E-state index in [1.54, 1.807) is 0 Å². The van der Waals surface area contributed by atoms with Crippen LogP contribution in [0.2, 0.25) is 0 Å². The Morgan fingerprint density at radius 3 is 3.05 bits per heavy atom. The van der Waals surface area contributed by atoms with Crippen molar-refractivity contribution in [2.75, 3.05) is 32.8 Å². The predicted molar refractivity (Wildman–Crippen MR) is 85.6 cm³/mol. The second-order valence-electron chi connectivity index (χ2n) is 6.32. The van der Waals surface area contributed by atoms with Gasteiger partial charge in [-0.05, 0) is 43.5 Å². The van der Waals surface area contributed by atoms with Crippen molar-refractivity contribution in [2.45, 2.75) is 51.8 Å². The van der Waals surface area contributed by atoms with Crippen molar-refractivity contribution in [3.8, 4) is 0 Å². The van der Waals surface area contributed by atoms with Gasteiger partial charge in [-0.1, -0.05) is 13.8 Å². The second kappa shape index (κ2) is 6.95. The molecule has 1 aliphatic carbocycles. The lowest BCUT2D eigenvalue weighted by atomic mass is 9.91. The Kier molecular flexibility index (Phi) is 4.99. The summed E-state index contributed by atoms with van der Waals surface area (Å²) < 4.78 is 8.31.